The second-order valence-electron chi connectivity index (χ2n) is 7.81. The van der Waals surface area contributed by atoms with Crippen molar-refractivity contribution in [2.24, 2.45) is 0 Å². The first-order valence-electron chi connectivity index (χ1n) is 10.3. The maximum absolute atomic E-state index is 12.8. The molecule has 1 aliphatic rings. The van der Waals surface area contributed by atoms with Crippen LogP contribution in [0.3, 0.4) is 0 Å². The molecule has 31 heavy (non-hydrogen) atoms. The molecule has 1 aromatic heterocycles. The van der Waals surface area contributed by atoms with E-state index in [0.29, 0.717) is 35.9 Å². The lowest BCUT2D eigenvalue weighted by molar-refractivity contribution is -0.158. The summed E-state index contributed by atoms with van der Waals surface area (Å²) >= 11 is 0. The van der Waals surface area contributed by atoms with Crippen LogP contribution in [-0.2, 0) is 27.8 Å². The number of hydrogen-bond acceptors (Lipinski definition) is 4. The molecule has 0 radical (unpaired) electrons. The number of nitrogens with zero attached hydrogens (tertiary/aromatic N) is 4. The van der Waals surface area contributed by atoms with Crippen molar-refractivity contribution in [3.05, 3.63) is 24.0 Å². The Balaban J connectivity index is 1.84. The number of carbonyl (C=O) groups excluding carboxylic acids is 1. The molecule has 2 aromatic rings. The van der Waals surface area contributed by atoms with E-state index in [1.165, 1.54) is 10.4 Å². The molecule has 3 rings (SSSR count). The predicted molar refractivity (Wildman–Crippen MR) is 110 cm³/mol. The number of benzene rings is 1. The molecule has 1 aliphatic heterocycles. The molecule has 0 atom stereocenters. The zero-order chi connectivity index (χ0) is 22.8. The Hall–Kier alpha value is -2.14. The Bertz CT molecular complexity index is 1040. The predicted octanol–water partition coefficient (Wildman–Crippen LogP) is 3.18. The monoisotopic (exact) mass is 460 g/mol. The van der Waals surface area contributed by atoms with Gasteiger partial charge in [-0.1, -0.05) is 6.92 Å². The summed E-state index contributed by atoms with van der Waals surface area (Å²) in [7, 11) is -2.46. The van der Waals surface area contributed by atoms with Gasteiger partial charge in [-0.15, -0.1) is 0 Å². The van der Waals surface area contributed by atoms with E-state index in [0.717, 1.165) is 31.8 Å². The zero-order valence-electron chi connectivity index (χ0n) is 17.7. The molecule has 1 fully saturated rings. The van der Waals surface area contributed by atoms with Crippen LogP contribution in [0.2, 0.25) is 0 Å². The molecule has 0 bridgehead atoms. The van der Waals surface area contributed by atoms with E-state index in [-0.39, 0.29) is 17.7 Å². The van der Waals surface area contributed by atoms with Gasteiger partial charge < -0.3 is 9.47 Å². The summed E-state index contributed by atoms with van der Waals surface area (Å²) in [5, 5.41) is 0. The Labute approximate surface area is 179 Å². The SMILES string of the molecule is CCCn1c(CCC(=O)N(C)CC(F)(F)F)nc2cc(S(=O)(=O)N3CCCC3)ccc21. The second-order valence-corrected chi connectivity index (χ2v) is 9.74. The van der Waals surface area contributed by atoms with Crippen molar-refractivity contribution in [1.82, 2.24) is 18.8 Å². The lowest BCUT2D eigenvalue weighted by Gasteiger charge is -2.18. The molecule has 0 aliphatic carbocycles. The molecular weight excluding hydrogens is 433 g/mol. The third-order valence-corrected chi connectivity index (χ3v) is 7.25. The number of hydrogen-bond donors (Lipinski definition) is 0. The molecule has 1 aromatic carbocycles. The van der Waals surface area contributed by atoms with E-state index >= 15 is 0 Å². The number of aryl methyl sites for hydroxylation is 2. The van der Waals surface area contributed by atoms with Crippen LogP contribution in [0.25, 0.3) is 11.0 Å². The summed E-state index contributed by atoms with van der Waals surface area (Å²) < 4.78 is 66.6. The van der Waals surface area contributed by atoms with Crippen molar-refractivity contribution >= 4 is 27.0 Å². The zero-order valence-corrected chi connectivity index (χ0v) is 18.5. The van der Waals surface area contributed by atoms with Crippen LogP contribution in [0.5, 0.6) is 0 Å². The maximum atomic E-state index is 12.8. The number of rotatable bonds is 8. The molecule has 1 saturated heterocycles. The summed E-state index contributed by atoms with van der Waals surface area (Å²) in [5.41, 5.74) is 1.24. The number of imidazole rings is 1. The maximum Gasteiger partial charge on any atom is 0.406 e. The summed E-state index contributed by atoms with van der Waals surface area (Å²) in [6.07, 6.45) is -1.92. The van der Waals surface area contributed by atoms with Crippen molar-refractivity contribution < 1.29 is 26.4 Å². The Morgan fingerprint density at radius 1 is 1.23 bits per heavy atom. The van der Waals surface area contributed by atoms with Crippen molar-refractivity contribution in [3.63, 3.8) is 0 Å². The Kier molecular flexibility index (Phi) is 6.95. The van der Waals surface area contributed by atoms with Crippen molar-refractivity contribution in [2.45, 2.75) is 56.6 Å². The summed E-state index contributed by atoms with van der Waals surface area (Å²) in [6.45, 7) is 2.29. The highest BCUT2D eigenvalue weighted by molar-refractivity contribution is 7.89. The lowest BCUT2D eigenvalue weighted by atomic mass is 10.2. The molecule has 0 N–H and O–H groups in total. The molecule has 0 unspecified atom stereocenters. The second kappa shape index (κ2) is 9.15. The molecule has 172 valence electrons. The molecule has 7 nitrogen and oxygen atoms in total. The fourth-order valence-electron chi connectivity index (χ4n) is 3.83. The Morgan fingerprint density at radius 3 is 2.52 bits per heavy atom. The van der Waals surface area contributed by atoms with Crippen molar-refractivity contribution in [2.75, 3.05) is 26.7 Å². The standard InChI is InChI=1S/C20H27F3N4O3S/c1-3-10-27-17-7-6-15(31(29,30)26-11-4-5-12-26)13-16(17)24-18(27)8-9-19(28)25(2)14-20(21,22)23/h6-7,13H,3-5,8-12,14H2,1-2H3. The highest BCUT2D eigenvalue weighted by Crippen LogP contribution is 2.26. The van der Waals surface area contributed by atoms with Gasteiger partial charge >= 0.3 is 6.18 Å². The fourth-order valence-corrected chi connectivity index (χ4v) is 5.37. The van der Waals surface area contributed by atoms with Crippen LogP contribution in [0.15, 0.2) is 23.1 Å². The third kappa shape index (κ3) is 5.38. The summed E-state index contributed by atoms with van der Waals surface area (Å²) in [5.74, 6) is -0.0638. The number of amides is 1. The smallest absolute Gasteiger partial charge is 0.337 e. The van der Waals surface area contributed by atoms with E-state index < -0.39 is 28.7 Å². The van der Waals surface area contributed by atoms with Crippen LogP contribution in [0.4, 0.5) is 13.2 Å². The quantitative estimate of drug-likeness (QED) is 0.606. The van der Waals surface area contributed by atoms with Gasteiger partial charge in [-0.25, -0.2) is 13.4 Å². The van der Waals surface area contributed by atoms with Gasteiger partial charge in [0.05, 0.1) is 15.9 Å². The molecular formula is C20H27F3N4O3S. The molecule has 2 heterocycles. The van der Waals surface area contributed by atoms with Crippen LogP contribution < -0.4 is 0 Å². The minimum atomic E-state index is -4.45. The highest BCUT2D eigenvalue weighted by Gasteiger charge is 2.31. The average Bonchev–Trinajstić information content (AvgIpc) is 3.33. The summed E-state index contributed by atoms with van der Waals surface area (Å²) in [6, 6.07) is 4.81. The van der Waals surface area contributed by atoms with E-state index in [9.17, 15) is 26.4 Å². The number of halogens is 3. The first kappa shape index (κ1) is 23.5. The molecule has 1 amide bonds. The largest absolute Gasteiger partial charge is 0.406 e. The van der Waals surface area contributed by atoms with Crippen LogP contribution in [-0.4, -0.2) is 65.9 Å². The van der Waals surface area contributed by atoms with Gasteiger partial charge in [0, 0.05) is 39.5 Å². The normalized spacial score (nSPS) is 15.6. The average molecular weight is 461 g/mol. The van der Waals surface area contributed by atoms with E-state index in [4.69, 9.17) is 0 Å². The third-order valence-electron chi connectivity index (χ3n) is 5.35. The number of fused-ring (bicyclic) bond motifs is 1. The van der Waals surface area contributed by atoms with Crippen LogP contribution in [0, 0.1) is 0 Å². The number of carbonyl (C=O) groups is 1. The number of alkyl halides is 3. The molecule has 0 saturated carbocycles. The van der Waals surface area contributed by atoms with Gasteiger partial charge in [-0.05, 0) is 37.5 Å². The van der Waals surface area contributed by atoms with Gasteiger partial charge in [0.1, 0.15) is 12.4 Å². The lowest BCUT2D eigenvalue weighted by Crippen LogP contribution is -2.36. The van der Waals surface area contributed by atoms with Gasteiger partial charge in [-0.3, -0.25) is 4.79 Å². The van der Waals surface area contributed by atoms with Gasteiger partial charge in [-0.2, -0.15) is 17.5 Å². The number of aromatic nitrogens is 2. The van der Waals surface area contributed by atoms with Gasteiger partial charge in [0.2, 0.25) is 15.9 Å². The molecule has 0 spiro atoms. The fraction of sp³-hybridized carbons (Fsp3) is 0.600. The van der Waals surface area contributed by atoms with Crippen molar-refractivity contribution in [3.8, 4) is 0 Å². The van der Waals surface area contributed by atoms with Crippen LogP contribution >= 0.6 is 0 Å². The highest BCUT2D eigenvalue weighted by atomic mass is 32.2. The van der Waals surface area contributed by atoms with Crippen molar-refractivity contribution in [1.29, 1.82) is 0 Å². The van der Waals surface area contributed by atoms with E-state index in [2.05, 4.69) is 4.98 Å². The Morgan fingerprint density at radius 2 is 1.90 bits per heavy atom. The first-order valence-corrected chi connectivity index (χ1v) is 11.8. The van der Waals surface area contributed by atoms with E-state index in [1.807, 2.05) is 11.5 Å². The number of sulfonamides is 1. The minimum absolute atomic E-state index is 0.113. The topological polar surface area (TPSA) is 75.5 Å². The van der Waals surface area contributed by atoms with Crippen LogP contribution in [0.1, 0.15) is 38.4 Å². The van der Waals surface area contributed by atoms with Gasteiger partial charge in [0.25, 0.3) is 0 Å². The van der Waals surface area contributed by atoms with Gasteiger partial charge in [0.15, 0.2) is 0 Å². The summed E-state index contributed by atoms with van der Waals surface area (Å²) in [4.78, 5) is 17.5. The molecule has 11 heteroatoms. The minimum Gasteiger partial charge on any atom is -0.337 e. The first-order chi connectivity index (χ1) is 14.5. The van der Waals surface area contributed by atoms with E-state index in [1.54, 1.807) is 12.1 Å².